The Morgan fingerprint density at radius 2 is 1.95 bits per heavy atom. The first-order chi connectivity index (χ1) is 9.47. The minimum atomic E-state index is -2.56. The molecule has 0 amide bonds. The van der Waals surface area contributed by atoms with Crippen LogP contribution in [0.25, 0.3) is 0 Å². The SMILES string of the molecule is CN(Cc1cccc(Cl)c1)c1ccc(N)cc1C(F)F. The van der Waals surface area contributed by atoms with E-state index in [9.17, 15) is 8.78 Å². The number of nitrogens with zero attached hydrogens (tertiary/aromatic N) is 1. The molecule has 2 aromatic rings. The molecule has 0 atom stereocenters. The van der Waals surface area contributed by atoms with E-state index in [0.29, 0.717) is 22.9 Å². The Kier molecular flexibility index (Phi) is 4.45. The van der Waals surface area contributed by atoms with E-state index in [2.05, 4.69) is 0 Å². The number of nitrogen functional groups attached to an aromatic ring is 1. The average molecular weight is 297 g/mol. The van der Waals surface area contributed by atoms with E-state index >= 15 is 0 Å². The van der Waals surface area contributed by atoms with Crippen LogP contribution in [-0.2, 0) is 6.54 Å². The molecule has 0 heterocycles. The number of nitrogens with two attached hydrogens (primary N) is 1. The molecule has 2 nitrogen and oxygen atoms in total. The predicted octanol–water partition coefficient (Wildman–Crippen LogP) is 4.50. The first-order valence-electron chi connectivity index (χ1n) is 6.10. The number of hydrogen-bond acceptors (Lipinski definition) is 2. The highest BCUT2D eigenvalue weighted by atomic mass is 35.5. The Morgan fingerprint density at radius 1 is 1.20 bits per heavy atom. The summed E-state index contributed by atoms with van der Waals surface area (Å²) in [6.45, 7) is 0.490. The summed E-state index contributed by atoms with van der Waals surface area (Å²) in [6, 6.07) is 11.9. The number of halogens is 3. The van der Waals surface area contributed by atoms with Crippen molar-refractivity contribution in [1.29, 1.82) is 0 Å². The lowest BCUT2D eigenvalue weighted by Crippen LogP contribution is -2.18. The summed E-state index contributed by atoms with van der Waals surface area (Å²) in [6.07, 6.45) is -2.56. The Labute approximate surface area is 121 Å². The van der Waals surface area contributed by atoms with Crippen LogP contribution in [0.3, 0.4) is 0 Å². The molecule has 20 heavy (non-hydrogen) atoms. The van der Waals surface area contributed by atoms with E-state index in [-0.39, 0.29) is 5.56 Å². The molecule has 2 aromatic carbocycles. The average Bonchev–Trinajstić information content (AvgIpc) is 2.38. The number of anilines is 2. The lowest BCUT2D eigenvalue weighted by molar-refractivity contribution is 0.152. The smallest absolute Gasteiger partial charge is 0.265 e. The van der Waals surface area contributed by atoms with Crippen LogP contribution >= 0.6 is 11.6 Å². The molecule has 0 aliphatic carbocycles. The summed E-state index contributed by atoms with van der Waals surface area (Å²) >= 11 is 5.92. The molecule has 0 spiro atoms. The third kappa shape index (κ3) is 3.39. The van der Waals surface area contributed by atoms with Crippen LogP contribution < -0.4 is 10.6 Å². The minimum Gasteiger partial charge on any atom is -0.399 e. The molecular formula is C15H15ClF2N2. The van der Waals surface area contributed by atoms with Crippen LogP contribution in [0.5, 0.6) is 0 Å². The Morgan fingerprint density at radius 3 is 2.60 bits per heavy atom. The van der Waals surface area contributed by atoms with Crippen molar-refractivity contribution in [1.82, 2.24) is 0 Å². The monoisotopic (exact) mass is 296 g/mol. The van der Waals surface area contributed by atoms with Crippen molar-refractivity contribution in [3.05, 3.63) is 58.6 Å². The van der Waals surface area contributed by atoms with Gasteiger partial charge in [0, 0.05) is 35.6 Å². The van der Waals surface area contributed by atoms with E-state index in [1.54, 1.807) is 30.1 Å². The number of benzene rings is 2. The van der Waals surface area contributed by atoms with E-state index in [1.165, 1.54) is 6.07 Å². The van der Waals surface area contributed by atoms with Crippen molar-refractivity contribution >= 4 is 23.0 Å². The zero-order valence-electron chi connectivity index (χ0n) is 11.0. The molecule has 2 rings (SSSR count). The zero-order chi connectivity index (χ0) is 14.7. The van der Waals surface area contributed by atoms with Gasteiger partial charge in [-0.1, -0.05) is 23.7 Å². The third-order valence-electron chi connectivity index (χ3n) is 3.01. The van der Waals surface area contributed by atoms with Crippen molar-refractivity contribution < 1.29 is 8.78 Å². The highest BCUT2D eigenvalue weighted by Crippen LogP contribution is 2.31. The van der Waals surface area contributed by atoms with Crippen molar-refractivity contribution in [2.75, 3.05) is 17.7 Å². The lowest BCUT2D eigenvalue weighted by Gasteiger charge is -2.23. The molecule has 0 bridgehead atoms. The molecule has 2 N–H and O–H groups in total. The Hall–Kier alpha value is -1.81. The van der Waals surface area contributed by atoms with Crippen molar-refractivity contribution in [3.63, 3.8) is 0 Å². The predicted molar refractivity (Wildman–Crippen MR) is 79.4 cm³/mol. The summed E-state index contributed by atoms with van der Waals surface area (Å²) in [5.41, 5.74) is 7.26. The molecule has 0 aromatic heterocycles. The standard InChI is InChI=1S/C15H15ClF2N2/c1-20(9-10-3-2-4-11(16)7-10)14-6-5-12(19)8-13(14)15(17)18/h2-8,15H,9,19H2,1H3. The van der Waals surface area contributed by atoms with Gasteiger partial charge in [-0.25, -0.2) is 8.78 Å². The van der Waals surface area contributed by atoms with E-state index < -0.39 is 6.43 Å². The van der Waals surface area contributed by atoms with Crippen molar-refractivity contribution in [3.8, 4) is 0 Å². The number of hydrogen-bond donors (Lipinski definition) is 1. The quantitative estimate of drug-likeness (QED) is 0.842. The third-order valence-corrected chi connectivity index (χ3v) is 3.24. The largest absolute Gasteiger partial charge is 0.399 e. The van der Waals surface area contributed by atoms with Crippen molar-refractivity contribution in [2.24, 2.45) is 0 Å². The van der Waals surface area contributed by atoms with Gasteiger partial charge >= 0.3 is 0 Å². The van der Waals surface area contributed by atoms with Gasteiger partial charge in [0.1, 0.15) is 0 Å². The Balaban J connectivity index is 2.27. The van der Waals surface area contributed by atoms with E-state index in [1.807, 2.05) is 18.2 Å². The molecule has 0 radical (unpaired) electrons. The molecule has 5 heteroatoms. The first-order valence-corrected chi connectivity index (χ1v) is 6.48. The van der Waals surface area contributed by atoms with Gasteiger partial charge in [0.2, 0.25) is 0 Å². The Bertz CT molecular complexity index is 602. The molecule has 0 fully saturated rings. The van der Waals surface area contributed by atoms with Gasteiger partial charge in [-0.15, -0.1) is 0 Å². The topological polar surface area (TPSA) is 29.3 Å². The summed E-state index contributed by atoms with van der Waals surface area (Å²) in [4.78, 5) is 1.76. The summed E-state index contributed by atoms with van der Waals surface area (Å²) in [7, 11) is 1.76. The molecule has 0 saturated carbocycles. The van der Waals surface area contributed by atoms with Gasteiger partial charge in [-0.2, -0.15) is 0 Å². The molecular weight excluding hydrogens is 282 g/mol. The molecule has 0 aliphatic rings. The second kappa shape index (κ2) is 6.09. The fraction of sp³-hybridized carbons (Fsp3) is 0.200. The van der Waals surface area contributed by atoms with E-state index in [0.717, 1.165) is 5.56 Å². The molecule has 0 saturated heterocycles. The maximum Gasteiger partial charge on any atom is 0.265 e. The highest BCUT2D eigenvalue weighted by molar-refractivity contribution is 6.30. The number of alkyl halides is 2. The van der Waals surface area contributed by atoms with Gasteiger partial charge in [-0.3, -0.25) is 0 Å². The molecule has 0 unspecified atom stereocenters. The second-order valence-electron chi connectivity index (χ2n) is 4.60. The van der Waals surface area contributed by atoms with Gasteiger partial charge in [-0.05, 0) is 35.9 Å². The van der Waals surface area contributed by atoms with Crippen molar-refractivity contribution in [2.45, 2.75) is 13.0 Å². The van der Waals surface area contributed by atoms with Gasteiger partial charge in [0.05, 0.1) is 0 Å². The number of rotatable bonds is 4. The minimum absolute atomic E-state index is 0.0606. The van der Waals surface area contributed by atoms with Gasteiger partial charge in [0.15, 0.2) is 0 Å². The van der Waals surface area contributed by atoms with Gasteiger partial charge < -0.3 is 10.6 Å². The summed E-state index contributed by atoms with van der Waals surface area (Å²) < 4.78 is 26.1. The van der Waals surface area contributed by atoms with Gasteiger partial charge in [0.25, 0.3) is 6.43 Å². The second-order valence-corrected chi connectivity index (χ2v) is 5.04. The van der Waals surface area contributed by atoms with Crippen LogP contribution in [0.15, 0.2) is 42.5 Å². The highest BCUT2D eigenvalue weighted by Gasteiger charge is 2.16. The van der Waals surface area contributed by atoms with Crippen LogP contribution in [0.2, 0.25) is 5.02 Å². The normalized spacial score (nSPS) is 10.8. The van der Waals surface area contributed by atoms with Crippen LogP contribution in [-0.4, -0.2) is 7.05 Å². The summed E-state index contributed by atoms with van der Waals surface area (Å²) in [5, 5.41) is 0.627. The molecule has 0 aliphatic heterocycles. The van der Waals surface area contributed by atoms with E-state index in [4.69, 9.17) is 17.3 Å². The zero-order valence-corrected chi connectivity index (χ0v) is 11.7. The fourth-order valence-electron chi connectivity index (χ4n) is 2.09. The van der Waals surface area contributed by atoms with Crippen LogP contribution in [0, 0.1) is 0 Å². The lowest BCUT2D eigenvalue weighted by atomic mass is 10.1. The van der Waals surface area contributed by atoms with Crippen LogP contribution in [0.4, 0.5) is 20.2 Å². The first kappa shape index (κ1) is 14.6. The van der Waals surface area contributed by atoms with Crippen LogP contribution in [0.1, 0.15) is 17.6 Å². The fourth-order valence-corrected chi connectivity index (χ4v) is 2.30. The summed E-state index contributed by atoms with van der Waals surface area (Å²) in [5.74, 6) is 0. The maximum atomic E-state index is 13.1. The maximum absolute atomic E-state index is 13.1. The molecule has 106 valence electrons.